The molecular formula is C12H13N3O2S2. The summed E-state index contributed by atoms with van der Waals surface area (Å²) >= 11 is 1.76. The van der Waals surface area contributed by atoms with E-state index in [4.69, 9.17) is 0 Å². The van der Waals surface area contributed by atoms with Gasteiger partial charge in [0.15, 0.2) is 0 Å². The van der Waals surface area contributed by atoms with Gasteiger partial charge >= 0.3 is 0 Å². The number of aromatic nitrogens is 2. The average molecular weight is 295 g/mol. The molecule has 0 spiro atoms. The number of nitrogens with zero attached hydrogens (tertiary/aromatic N) is 1. The van der Waals surface area contributed by atoms with E-state index in [1.54, 1.807) is 11.8 Å². The molecule has 0 saturated heterocycles. The highest BCUT2D eigenvalue weighted by atomic mass is 32.2. The molecule has 2 aromatic rings. The fourth-order valence-corrected chi connectivity index (χ4v) is 4.39. The van der Waals surface area contributed by atoms with Crippen molar-refractivity contribution < 1.29 is 8.42 Å². The van der Waals surface area contributed by atoms with E-state index in [2.05, 4.69) is 14.9 Å². The molecule has 1 atom stereocenters. The van der Waals surface area contributed by atoms with Crippen LogP contribution >= 0.6 is 11.8 Å². The van der Waals surface area contributed by atoms with Gasteiger partial charge in [-0.25, -0.2) is 13.1 Å². The predicted molar refractivity (Wildman–Crippen MR) is 73.4 cm³/mol. The molecule has 2 N–H and O–H groups in total. The van der Waals surface area contributed by atoms with Crippen LogP contribution in [-0.2, 0) is 10.0 Å². The van der Waals surface area contributed by atoms with Gasteiger partial charge in [0, 0.05) is 17.1 Å². The first kappa shape index (κ1) is 12.7. The second-order valence-corrected chi connectivity index (χ2v) is 7.13. The zero-order chi connectivity index (χ0) is 13.3. The molecule has 7 heteroatoms. The molecule has 0 saturated carbocycles. The lowest BCUT2D eigenvalue weighted by atomic mass is 10.1. The van der Waals surface area contributed by atoms with Gasteiger partial charge in [0.05, 0.1) is 6.20 Å². The third-order valence-corrected chi connectivity index (χ3v) is 5.60. The molecule has 5 nitrogen and oxygen atoms in total. The highest BCUT2D eigenvalue weighted by molar-refractivity contribution is 7.99. The van der Waals surface area contributed by atoms with Crippen molar-refractivity contribution in [1.82, 2.24) is 14.9 Å². The lowest BCUT2D eigenvalue weighted by Crippen LogP contribution is -2.30. The molecule has 1 aliphatic rings. The van der Waals surface area contributed by atoms with Crippen molar-refractivity contribution in [3.05, 3.63) is 42.2 Å². The van der Waals surface area contributed by atoms with Gasteiger partial charge in [-0.3, -0.25) is 5.10 Å². The molecule has 1 aliphatic heterocycles. The standard InChI is InChI=1S/C12H13N3O2S2/c16-19(17,9-7-13-14-8-9)15-11-5-6-18-12-4-2-1-3-10(11)12/h1-4,7-8,11,15H,5-6H2,(H,13,14). The fraction of sp³-hybridized carbons (Fsp3) is 0.250. The molecule has 0 bridgehead atoms. The molecule has 3 rings (SSSR count). The Hall–Kier alpha value is -1.31. The van der Waals surface area contributed by atoms with Crippen LogP contribution in [0.4, 0.5) is 0 Å². The SMILES string of the molecule is O=S(=O)(NC1CCSc2ccccc21)c1cn[nH]c1. The second kappa shape index (κ2) is 4.99. The molecular weight excluding hydrogens is 282 g/mol. The normalized spacial score (nSPS) is 19.1. The number of nitrogens with one attached hydrogen (secondary N) is 2. The van der Waals surface area contributed by atoms with Crippen LogP contribution in [0, 0.1) is 0 Å². The number of H-pyrrole nitrogens is 1. The maximum absolute atomic E-state index is 12.2. The molecule has 100 valence electrons. The van der Waals surface area contributed by atoms with Gasteiger partial charge in [-0.05, 0) is 23.8 Å². The van der Waals surface area contributed by atoms with E-state index in [0.717, 1.165) is 22.6 Å². The Labute approximate surface area is 115 Å². The van der Waals surface area contributed by atoms with Crippen LogP contribution in [-0.4, -0.2) is 24.4 Å². The Morgan fingerprint density at radius 1 is 1.37 bits per heavy atom. The summed E-state index contributed by atoms with van der Waals surface area (Å²) in [6, 6.07) is 7.74. The van der Waals surface area contributed by atoms with Crippen LogP contribution in [0.5, 0.6) is 0 Å². The summed E-state index contributed by atoms with van der Waals surface area (Å²) in [5.74, 6) is 0.912. The van der Waals surface area contributed by atoms with Crippen molar-refractivity contribution in [2.24, 2.45) is 0 Å². The van der Waals surface area contributed by atoms with Gasteiger partial charge in [0.25, 0.3) is 0 Å². The molecule has 1 aromatic carbocycles. The summed E-state index contributed by atoms with van der Waals surface area (Å²) in [4.78, 5) is 1.32. The molecule has 1 aromatic heterocycles. The second-order valence-electron chi connectivity index (χ2n) is 4.28. The maximum Gasteiger partial charge on any atom is 0.244 e. The maximum atomic E-state index is 12.2. The molecule has 1 unspecified atom stereocenters. The minimum absolute atomic E-state index is 0.169. The number of thioether (sulfide) groups is 1. The minimum Gasteiger partial charge on any atom is -0.284 e. The monoisotopic (exact) mass is 295 g/mol. The van der Waals surface area contributed by atoms with E-state index in [1.165, 1.54) is 12.4 Å². The first-order valence-corrected chi connectivity index (χ1v) is 8.36. The van der Waals surface area contributed by atoms with Crippen LogP contribution in [0.1, 0.15) is 18.0 Å². The van der Waals surface area contributed by atoms with Gasteiger partial charge in [0.1, 0.15) is 4.90 Å². The Balaban J connectivity index is 1.90. The van der Waals surface area contributed by atoms with Crippen LogP contribution in [0.2, 0.25) is 0 Å². The number of sulfonamides is 1. The average Bonchev–Trinajstić information content (AvgIpc) is 2.93. The van der Waals surface area contributed by atoms with Gasteiger partial charge in [0.2, 0.25) is 10.0 Å². The molecule has 0 aliphatic carbocycles. The predicted octanol–water partition coefficient (Wildman–Crippen LogP) is 1.93. The summed E-state index contributed by atoms with van der Waals surface area (Å²) in [5.41, 5.74) is 1.05. The molecule has 0 fully saturated rings. The fourth-order valence-electron chi connectivity index (χ4n) is 2.11. The topological polar surface area (TPSA) is 74.8 Å². The van der Waals surface area contributed by atoms with Gasteiger partial charge in [-0.15, -0.1) is 11.8 Å². The first-order valence-electron chi connectivity index (χ1n) is 5.90. The number of rotatable bonds is 3. The number of fused-ring (bicyclic) bond motifs is 1. The van der Waals surface area contributed by atoms with Crippen molar-refractivity contribution >= 4 is 21.8 Å². The van der Waals surface area contributed by atoms with Crippen molar-refractivity contribution in [1.29, 1.82) is 0 Å². The highest BCUT2D eigenvalue weighted by Crippen LogP contribution is 2.36. The van der Waals surface area contributed by atoms with Gasteiger partial charge < -0.3 is 0 Å². The van der Waals surface area contributed by atoms with Crippen LogP contribution in [0.25, 0.3) is 0 Å². The van der Waals surface area contributed by atoms with Crippen LogP contribution < -0.4 is 4.72 Å². The number of hydrogen-bond donors (Lipinski definition) is 2. The summed E-state index contributed by atoms with van der Waals surface area (Å²) in [6.07, 6.45) is 3.48. The number of hydrogen-bond acceptors (Lipinski definition) is 4. The van der Waals surface area contributed by atoms with E-state index in [-0.39, 0.29) is 10.9 Å². The highest BCUT2D eigenvalue weighted by Gasteiger charge is 2.26. The van der Waals surface area contributed by atoms with Crippen LogP contribution in [0.3, 0.4) is 0 Å². The minimum atomic E-state index is -3.51. The van der Waals surface area contributed by atoms with Crippen molar-refractivity contribution in [2.75, 3.05) is 5.75 Å². The molecule has 19 heavy (non-hydrogen) atoms. The summed E-state index contributed by atoms with van der Waals surface area (Å²) < 4.78 is 27.1. The molecule has 2 heterocycles. The third-order valence-electron chi connectivity index (χ3n) is 3.04. The van der Waals surface area contributed by atoms with E-state index < -0.39 is 10.0 Å². The Morgan fingerprint density at radius 3 is 3.00 bits per heavy atom. The van der Waals surface area contributed by atoms with Crippen LogP contribution in [0.15, 0.2) is 46.5 Å². The lowest BCUT2D eigenvalue weighted by molar-refractivity contribution is 0.546. The molecule has 0 radical (unpaired) electrons. The van der Waals surface area contributed by atoms with Gasteiger partial charge in [-0.2, -0.15) is 5.10 Å². The molecule has 0 amide bonds. The Bertz CT molecular complexity index is 668. The van der Waals surface area contributed by atoms with Crippen molar-refractivity contribution in [3.63, 3.8) is 0 Å². The smallest absolute Gasteiger partial charge is 0.244 e. The van der Waals surface area contributed by atoms with E-state index in [1.807, 2.05) is 24.3 Å². The van der Waals surface area contributed by atoms with Crippen molar-refractivity contribution in [2.45, 2.75) is 22.3 Å². The quantitative estimate of drug-likeness (QED) is 0.907. The van der Waals surface area contributed by atoms with Crippen molar-refractivity contribution in [3.8, 4) is 0 Å². The largest absolute Gasteiger partial charge is 0.284 e. The number of aromatic amines is 1. The zero-order valence-electron chi connectivity index (χ0n) is 10.0. The Kier molecular flexibility index (Phi) is 3.34. The van der Waals surface area contributed by atoms with Gasteiger partial charge in [-0.1, -0.05) is 18.2 Å². The summed E-state index contributed by atoms with van der Waals surface area (Å²) in [5, 5.41) is 6.20. The van der Waals surface area contributed by atoms with E-state index in [0.29, 0.717) is 0 Å². The van der Waals surface area contributed by atoms with E-state index >= 15 is 0 Å². The third kappa shape index (κ3) is 2.54. The first-order chi connectivity index (χ1) is 9.17. The Morgan fingerprint density at radius 2 is 2.21 bits per heavy atom. The van der Waals surface area contributed by atoms with E-state index in [9.17, 15) is 8.42 Å². The zero-order valence-corrected chi connectivity index (χ0v) is 11.7. The summed E-state index contributed by atoms with van der Waals surface area (Å²) in [7, 11) is -3.51. The summed E-state index contributed by atoms with van der Waals surface area (Å²) in [6.45, 7) is 0. The lowest BCUT2D eigenvalue weighted by Gasteiger charge is -2.25. The number of benzene rings is 1.